The molecule has 3 fully saturated rings. The first-order valence-electron chi connectivity index (χ1n) is 10.2. The summed E-state index contributed by atoms with van der Waals surface area (Å²) in [6.45, 7) is 4.86. The Morgan fingerprint density at radius 2 is 2.07 bits per heavy atom. The highest BCUT2D eigenvalue weighted by atomic mass is 16.5. The van der Waals surface area contributed by atoms with Crippen molar-refractivity contribution in [2.45, 2.75) is 31.2 Å². The number of imidazole rings is 1. The molecule has 5 rings (SSSR count). The van der Waals surface area contributed by atoms with Gasteiger partial charge < -0.3 is 18.6 Å². The number of oxazole rings is 1. The summed E-state index contributed by atoms with van der Waals surface area (Å²) in [5, 5.41) is 0. The molecule has 0 unspecified atom stereocenters. The quantitative estimate of drug-likeness (QED) is 0.774. The molecule has 0 aromatic carbocycles. The van der Waals surface area contributed by atoms with Gasteiger partial charge in [-0.25, -0.2) is 9.97 Å². The maximum absolute atomic E-state index is 13.3. The van der Waals surface area contributed by atoms with Crippen LogP contribution in [0.5, 0.6) is 0 Å². The third-order valence-electron chi connectivity index (χ3n) is 6.02. The monoisotopic (exact) mass is 385 g/mol. The first-order chi connectivity index (χ1) is 13.7. The molecule has 2 aliphatic heterocycles. The van der Waals surface area contributed by atoms with Crippen molar-refractivity contribution >= 4 is 5.91 Å². The number of nitrogens with zero attached hydrogens (tertiary/aromatic N) is 5. The van der Waals surface area contributed by atoms with Crippen molar-refractivity contribution in [2.75, 3.05) is 39.4 Å². The van der Waals surface area contributed by atoms with Gasteiger partial charge in [0.1, 0.15) is 6.26 Å². The number of carbonyl (C=O) groups is 1. The minimum atomic E-state index is -0.0807. The minimum Gasteiger partial charge on any atom is -0.448 e. The summed E-state index contributed by atoms with van der Waals surface area (Å²) >= 11 is 0. The number of amides is 1. The van der Waals surface area contributed by atoms with Crippen molar-refractivity contribution < 1.29 is 13.9 Å². The third-order valence-corrected chi connectivity index (χ3v) is 6.02. The van der Waals surface area contributed by atoms with E-state index < -0.39 is 0 Å². The van der Waals surface area contributed by atoms with Crippen molar-refractivity contribution in [3.63, 3.8) is 0 Å². The van der Waals surface area contributed by atoms with Crippen LogP contribution in [0.15, 0.2) is 23.2 Å². The Hall–Kier alpha value is -2.19. The second-order valence-corrected chi connectivity index (χ2v) is 8.26. The van der Waals surface area contributed by atoms with Crippen LogP contribution in [0.1, 0.15) is 42.0 Å². The highest BCUT2D eigenvalue weighted by molar-refractivity contribution is 5.80. The summed E-state index contributed by atoms with van der Waals surface area (Å²) in [6.07, 6.45) is 7.99. The Balaban J connectivity index is 1.33. The summed E-state index contributed by atoms with van der Waals surface area (Å²) in [4.78, 5) is 26.8. The van der Waals surface area contributed by atoms with Crippen molar-refractivity contribution in [1.82, 2.24) is 24.3 Å². The van der Waals surface area contributed by atoms with E-state index in [2.05, 4.69) is 14.9 Å². The number of aromatic nitrogens is 3. The summed E-state index contributed by atoms with van der Waals surface area (Å²) in [5.74, 6) is 1.63. The van der Waals surface area contributed by atoms with E-state index in [4.69, 9.17) is 9.15 Å². The maximum Gasteiger partial charge on any atom is 0.227 e. The lowest BCUT2D eigenvalue weighted by Crippen LogP contribution is -2.45. The second kappa shape index (κ2) is 7.33. The second-order valence-electron chi connectivity index (χ2n) is 8.26. The number of likely N-dealkylation sites (tertiary alicyclic amines) is 1. The number of rotatable bonds is 5. The molecule has 1 amide bonds. The lowest BCUT2D eigenvalue weighted by atomic mass is 9.92. The van der Waals surface area contributed by atoms with Gasteiger partial charge in [0.25, 0.3) is 0 Å². The average Bonchev–Trinajstić information content (AvgIpc) is 3.11. The van der Waals surface area contributed by atoms with Crippen LogP contribution in [0, 0.1) is 5.92 Å². The zero-order chi connectivity index (χ0) is 19.1. The van der Waals surface area contributed by atoms with Gasteiger partial charge >= 0.3 is 0 Å². The molecular formula is C20H27N5O3. The zero-order valence-electron chi connectivity index (χ0n) is 16.3. The Morgan fingerprint density at radius 3 is 2.79 bits per heavy atom. The van der Waals surface area contributed by atoms with E-state index in [1.54, 1.807) is 6.26 Å². The molecule has 2 atom stereocenters. The number of aryl methyl sites for hydroxylation is 1. The Bertz CT molecular complexity index is 837. The van der Waals surface area contributed by atoms with Gasteiger partial charge in [-0.2, -0.15) is 0 Å². The lowest BCUT2D eigenvalue weighted by Gasteiger charge is -2.30. The van der Waals surface area contributed by atoms with Crippen molar-refractivity contribution in [1.29, 1.82) is 0 Å². The normalized spacial score (nSPS) is 26.1. The first-order valence-corrected chi connectivity index (χ1v) is 10.2. The van der Waals surface area contributed by atoms with Gasteiger partial charge in [-0.1, -0.05) is 0 Å². The predicted octanol–water partition coefficient (Wildman–Crippen LogP) is 1.36. The highest BCUT2D eigenvalue weighted by Gasteiger charge is 2.42. The van der Waals surface area contributed by atoms with E-state index in [1.807, 2.05) is 29.0 Å². The standard InChI is InChI=1S/C20H27N5O3/c1-23-11-18(21-13-23)16-9-24(8-15-12-28-19(22-15)14-2-3-14)10-17(16)20(26)25-4-6-27-7-5-25/h11-14,16-17H,2-10H2,1H3/t16-,17-/m1/s1. The topological polar surface area (TPSA) is 76.6 Å². The van der Waals surface area contributed by atoms with Crippen LogP contribution >= 0.6 is 0 Å². The van der Waals surface area contributed by atoms with Crippen molar-refractivity contribution in [2.24, 2.45) is 13.0 Å². The third kappa shape index (κ3) is 3.58. The Morgan fingerprint density at radius 1 is 1.25 bits per heavy atom. The van der Waals surface area contributed by atoms with Gasteiger partial charge in [-0.05, 0) is 12.8 Å². The molecule has 150 valence electrons. The molecule has 8 nitrogen and oxygen atoms in total. The molecule has 8 heteroatoms. The lowest BCUT2D eigenvalue weighted by molar-refractivity contribution is -0.139. The molecule has 28 heavy (non-hydrogen) atoms. The Kier molecular flexibility index (Phi) is 4.68. The average molecular weight is 385 g/mol. The fourth-order valence-electron chi connectivity index (χ4n) is 4.35. The summed E-state index contributed by atoms with van der Waals surface area (Å²) < 4.78 is 13.0. The molecule has 1 aliphatic carbocycles. The summed E-state index contributed by atoms with van der Waals surface area (Å²) in [5.41, 5.74) is 1.96. The molecule has 1 saturated carbocycles. The van der Waals surface area contributed by atoms with Gasteiger partial charge in [0.2, 0.25) is 5.91 Å². The van der Waals surface area contributed by atoms with Crippen LogP contribution in [0.2, 0.25) is 0 Å². The smallest absolute Gasteiger partial charge is 0.227 e. The number of carbonyl (C=O) groups excluding carboxylic acids is 1. The fraction of sp³-hybridized carbons (Fsp3) is 0.650. The minimum absolute atomic E-state index is 0.0807. The number of hydrogen-bond acceptors (Lipinski definition) is 6. The fourth-order valence-corrected chi connectivity index (χ4v) is 4.35. The van der Waals surface area contributed by atoms with E-state index in [1.165, 1.54) is 12.8 Å². The van der Waals surface area contributed by atoms with Crippen LogP contribution in [0.3, 0.4) is 0 Å². The van der Waals surface area contributed by atoms with Crippen LogP contribution in [0.25, 0.3) is 0 Å². The van der Waals surface area contributed by atoms with Gasteiger partial charge in [0, 0.05) is 57.8 Å². The molecule has 2 aromatic heterocycles. The zero-order valence-corrected chi connectivity index (χ0v) is 16.3. The van der Waals surface area contributed by atoms with Gasteiger partial charge in [0.15, 0.2) is 5.89 Å². The number of morpholine rings is 1. The van der Waals surface area contributed by atoms with Crippen LogP contribution in [-0.4, -0.2) is 69.6 Å². The molecular weight excluding hydrogens is 358 g/mol. The SMILES string of the molecule is Cn1cnc([C@@H]2CN(Cc3coc(C4CC4)n3)C[C@H]2C(=O)N2CCOCC2)c1. The van der Waals surface area contributed by atoms with Crippen LogP contribution in [0.4, 0.5) is 0 Å². The van der Waals surface area contributed by atoms with E-state index >= 15 is 0 Å². The number of hydrogen-bond donors (Lipinski definition) is 0. The Labute approximate surface area is 164 Å². The molecule has 0 spiro atoms. The predicted molar refractivity (Wildman–Crippen MR) is 101 cm³/mol. The van der Waals surface area contributed by atoms with Crippen LogP contribution in [-0.2, 0) is 23.1 Å². The molecule has 2 aromatic rings. The maximum atomic E-state index is 13.3. The number of ether oxygens (including phenoxy) is 1. The molecule has 4 heterocycles. The van der Waals surface area contributed by atoms with Gasteiger partial charge in [-0.15, -0.1) is 0 Å². The van der Waals surface area contributed by atoms with Crippen molar-refractivity contribution in [3.05, 3.63) is 36.1 Å². The summed E-state index contributed by atoms with van der Waals surface area (Å²) in [6, 6.07) is 0. The molecule has 0 bridgehead atoms. The molecule has 3 aliphatic rings. The van der Waals surface area contributed by atoms with Crippen LogP contribution < -0.4 is 0 Å². The molecule has 0 radical (unpaired) electrons. The van der Waals surface area contributed by atoms with E-state index in [9.17, 15) is 4.79 Å². The van der Waals surface area contributed by atoms with E-state index in [-0.39, 0.29) is 17.7 Å². The van der Waals surface area contributed by atoms with E-state index in [0.717, 1.165) is 30.4 Å². The van der Waals surface area contributed by atoms with Gasteiger partial charge in [0.05, 0.1) is 36.8 Å². The molecule has 0 N–H and O–H groups in total. The summed E-state index contributed by atoms with van der Waals surface area (Å²) in [7, 11) is 1.97. The van der Waals surface area contributed by atoms with Crippen molar-refractivity contribution in [3.8, 4) is 0 Å². The van der Waals surface area contributed by atoms with Gasteiger partial charge in [-0.3, -0.25) is 9.69 Å². The highest BCUT2D eigenvalue weighted by Crippen LogP contribution is 2.39. The molecule has 2 saturated heterocycles. The first kappa shape index (κ1) is 17.9. The van der Waals surface area contributed by atoms with E-state index in [0.29, 0.717) is 38.8 Å². The largest absolute Gasteiger partial charge is 0.448 e.